The second-order valence-corrected chi connectivity index (χ2v) is 11.7. The maximum absolute atomic E-state index is 15.5. The number of hydrogen-bond acceptors (Lipinski definition) is 8. The van der Waals surface area contributed by atoms with Gasteiger partial charge in [-0.15, -0.1) is 0 Å². The van der Waals surface area contributed by atoms with Gasteiger partial charge in [0.1, 0.15) is 30.3 Å². The van der Waals surface area contributed by atoms with Crippen molar-refractivity contribution >= 4 is 57.7 Å². The van der Waals surface area contributed by atoms with Crippen molar-refractivity contribution in [2.75, 3.05) is 13.2 Å². The lowest BCUT2D eigenvalue weighted by Gasteiger charge is -2.22. The van der Waals surface area contributed by atoms with Gasteiger partial charge in [-0.1, -0.05) is 43.0 Å². The van der Waals surface area contributed by atoms with Gasteiger partial charge < -0.3 is 18.9 Å². The Morgan fingerprint density at radius 3 is 2.36 bits per heavy atom. The Kier molecular flexibility index (Phi) is 12.6. The highest BCUT2D eigenvalue weighted by atomic mass is 127. The van der Waals surface area contributed by atoms with Crippen molar-refractivity contribution in [1.82, 2.24) is 0 Å². The zero-order valence-electron chi connectivity index (χ0n) is 26.1. The number of rotatable bonds is 14. The molecule has 0 aliphatic carbocycles. The average Bonchev–Trinajstić information content (AvgIpc) is 3.07. The first-order valence-electron chi connectivity index (χ1n) is 14.6. The van der Waals surface area contributed by atoms with E-state index in [9.17, 15) is 27.2 Å². The topological polar surface area (TPSA) is 95.8 Å². The second kappa shape index (κ2) is 16.7. The van der Waals surface area contributed by atoms with Gasteiger partial charge in [-0.2, -0.15) is 32.2 Å². The third-order valence-corrected chi connectivity index (χ3v) is 7.55. The van der Waals surface area contributed by atoms with Crippen LogP contribution >= 0.6 is 22.6 Å². The van der Waals surface area contributed by atoms with Crippen molar-refractivity contribution in [3.63, 3.8) is 0 Å². The predicted molar refractivity (Wildman–Crippen MR) is 182 cm³/mol. The summed E-state index contributed by atoms with van der Waals surface area (Å²) in [4.78, 5) is 23.9. The Morgan fingerprint density at radius 1 is 0.880 bits per heavy atom. The van der Waals surface area contributed by atoms with Crippen LogP contribution in [0, 0.1) is 11.6 Å². The van der Waals surface area contributed by atoms with Crippen molar-refractivity contribution in [2.45, 2.75) is 29.8 Å². The van der Waals surface area contributed by atoms with E-state index in [2.05, 4.69) is 21.5 Å². The van der Waals surface area contributed by atoms with Crippen molar-refractivity contribution in [3.05, 3.63) is 113 Å². The third-order valence-electron chi connectivity index (χ3n) is 6.75. The van der Waals surface area contributed by atoms with E-state index < -0.39 is 57.1 Å². The molecule has 50 heavy (non-hydrogen) atoms. The van der Waals surface area contributed by atoms with Crippen LogP contribution in [0.3, 0.4) is 0 Å². The van der Waals surface area contributed by atoms with Crippen LogP contribution < -0.4 is 14.2 Å². The Balaban J connectivity index is 1.31. The molecule has 0 N–H and O–H groups in total. The summed E-state index contributed by atoms with van der Waals surface area (Å²) < 4.78 is 100. The van der Waals surface area contributed by atoms with Crippen LogP contribution in [0.4, 0.5) is 26.3 Å². The maximum atomic E-state index is 15.5. The molecule has 0 radical (unpaired) electrons. The van der Waals surface area contributed by atoms with Gasteiger partial charge in [0.15, 0.2) is 11.6 Å². The van der Waals surface area contributed by atoms with E-state index in [1.165, 1.54) is 47.2 Å². The number of ether oxygens (including phenoxy) is 4. The summed E-state index contributed by atoms with van der Waals surface area (Å²) in [6.45, 7) is 3.72. The van der Waals surface area contributed by atoms with Gasteiger partial charge in [0.25, 0.3) is 0 Å². The molecule has 262 valence electrons. The van der Waals surface area contributed by atoms with E-state index in [0.29, 0.717) is 11.3 Å². The van der Waals surface area contributed by atoms with Gasteiger partial charge in [0.2, 0.25) is 5.82 Å². The van der Waals surface area contributed by atoms with Crippen molar-refractivity contribution in [1.29, 1.82) is 0 Å². The number of fused-ring (bicyclic) bond motifs is 1. The lowest BCUT2D eigenvalue weighted by Crippen LogP contribution is -2.22. The van der Waals surface area contributed by atoms with Gasteiger partial charge in [-0.3, -0.25) is 4.79 Å². The van der Waals surface area contributed by atoms with Gasteiger partial charge in [0, 0.05) is 35.2 Å². The Bertz CT molecular complexity index is 1950. The number of alkyl halides is 5. The first-order chi connectivity index (χ1) is 23.7. The number of benzene rings is 4. The predicted octanol–water partition coefficient (Wildman–Crippen LogP) is 8.72. The smallest absolute Gasteiger partial charge is 0.422 e. The zero-order chi connectivity index (χ0) is 36.5. The largest absolute Gasteiger partial charge is 0.490 e. The summed E-state index contributed by atoms with van der Waals surface area (Å²) >= 11 is 1.19. The van der Waals surface area contributed by atoms with Gasteiger partial charge in [-0.25, -0.2) is 9.18 Å². The van der Waals surface area contributed by atoms with Gasteiger partial charge in [-0.05, 0) is 71.6 Å². The third kappa shape index (κ3) is 10.3. The molecule has 0 spiro atoms. The van der Waals surface area contributed by atoms with E-state index in [4.69, 9.17) is 14.2 Å². The molecule has 4 rings (SSSR count). The highest BCUT2D eigenvalue weighted by Gasteiger charge is 2.38. The van der Waals surface area contributed by atoms with Crippen molar-refractivity contribution in [2.24, 2.45) is 10.2 Å². The molecule has 0 amide bonds. The van der Waals surface area contributed by atoms with Gasteiger partial charge in [0.05, 0.1) is 11.8 Å². The molecule has 4 aromatic rings. The SMILES string of the molecule is C=C(C(=O)OCCOc1ccc2cc(CCC(=O)Oc3ccc(C(F)(I)Oc4cccc(/C=N\N=C/C)c4)c(F)c3F)ccc2c1)C(F)(F)F. The average molecular weight is 813 g/mol. The normalized spacial score (nSPS) is 13.0. The summed E-state index contributed by atoms with van der Waals surface area (Å²) in [6, 6.07) is 18.2. The first-order valence-corrected chi connectivity index (χ1v) is 15.7. The number of carbonyl (C=O) groups excluding carboxylic acids is 2. The summed E-state index contributed by atoms with van der Waals surface area (Å²) in [7, 11) is 0. The fourth-order valence-corrected chi connectivity index (χ4v) is 4.97. The summed E-state index contributed by atoms with van der Waals surface area (Å²) in [6.07, 6.45) is -2.02. The fraction of sp³-hybridized carbons (Fsp3) is 0.200. The molecule has 4 aromatic carbocycles. The molecular weight excluding hydrogens is 785 g/mol. The quantitative estimate of drug-likeness (QED) is 0.0146. The first kappa shape index (κ1) is 37.9. The van der Waals surface area contributed by atoms with E-state index in [1.54, 1.807) is 55.5 Å². The number of carbonyl (C=O) groups is 2. The highest BCUT2D eigenvalue weighted by Crippen LogP contribution is 2.40. The molecule has 0 bridgehead atoms. The minimum atomic E-state index is -4.88. The molecule has 0 fully saturated rings. The number of halogens is 7. The fourth-order valence-electron chi connectivity index (χ4n) is 4.30. The molecule has 15 heteroatoms. The number of esters is 2. The zero-order valence-corrected chi connectivity index (χ0v) is 28.3. The van der Waals surface area contributed by atoms with Crippen LogP contribution in [0.1, 0.15) is 30.0 Å². The molecule has 0 saturated heterocycles. The molecule has 0 aliphatic heterocycles. The molecule has 0 aromatic heterocycles. The Morgan fingerprint density at radius 2 is 1.62 bits per heavy atom. The molecule has 1 atom stereocenters. The summed E-state index contributed by atoms with van der Waals surface area (Å²) in [5.41, 5.74) is -1.12. The lowest BCUT2D eigenvalue weighted by atomic mass is 10.0. The second-order valence-electron chi connectivity index (χ2n) is 10.3. The number of nitrogens with zero attached hydrogens (tertiary/aromatic N) is 2. The van der Waals surface area contributed by atoms with Crippen LogP contribution in [-0.4, -0.2) is 43.8 Å². The van der Waals surface area contributed by atoms with Crippen LogP contribution in [-0.2, 0) is 24.6 Å². The van der Waals surface area contributed by atoms with Crippen LogP contribution in [0.5, 0.6) is 17.2 Å². The lowest BCUT2D eigenvalue weighted by molar-refractivity contribution is -0.151. The van der Waals surface area contributed by atoms with Crippen molar-refractivity contribution < 1.29 is 54.9 Å². The summed E-state index contributed by atoms with van der Waals surface area (Å²) in [5.74, 6) is -5.93. The highest BCUT2D eigenvalue weighted by molar-refractivity contribution is 14.1. The van der Waals surface area contributed by atoms with Gasteiger partial charge >= 0.3 is 22.0 Å². The minimum Gasteiger partial charge on any atom is -0.490 e. The Hall–Kier alpha value is -4.93. The van der Waals surface area contributed by atoms with E-state index in [1.807, 2.05) is 0 Å². The number of aryl methyl sites for hydroxylation is 1. The minimum absolute atomic E-state index is 0.0153. The molecule has 0 saturated carbocycles. The monoisotopic (exact) mass is 812 g/mol. The van der Waals surface area contributed by atoms with E-state index in [0.717, 1.165) is 28.5 Å². The molecule has 0 aliphatic rings. The number of hydrogen-bond donors (Lipinski definition) is 0. The standard InChI is InChI=1S/C35H27F6IN2O6/c1-3-43-44-20-23-5-4-6-27(18-23)50-35(41,42)28-12-13-29(32(37)31(28)36)49-30(45)14-8-22-7-9-25-19-26(11-10-24(25)17-22)47-15-16-48-33(46)21(2)34(38,39)40/h3-7,9-13,17-20H,2,8,14-16H2,1H3/b43-3-,44-20-. The molecular formula is C35H27F6IN2O6. The van der Waals surface area contributed by atoms with Crippen LogP contribution in [0.25, 0.3) is 10.8 Å². The van der Waals surface area contributed by atoms with E-state index >= 15 is 8.78 Å². The summed E-state index contributed by atoms with van der Waals surface area (Å²) in [5, 5.41) is 8.98. The molecule has 8 nitrogen and oxygen atoms in total. The van der Waals surface area contributed by atoms with Crippen LogP contribution in [0.15, 0.2) is 95.2 Å². The maximum Gasteiger partial charge on any atom is 0.422 e. The molecule has 1 unspecified atom stereocenters. The Labute approximate surface area is 295 Å². The van der Waals surface area contributed by atoms with E-state index in [-0.39, 0.29) is 25.2 Å². The van der Waals surface area contributed by atoms with Crippen LogP contribution in [0.2, 0.25) is 0 Å². The molecule has 0 heterocycles. The van der Waals surface area contributed by atoms with Crippen molar-refractivity contribution in [3.8, 4) is 17.2 Å².